The third kappa shape index (κ3) is 5.08. The smallest absolute Gasteiger partial charge is 0.401 e. The highest BCUT2D eigenvalue weighted by Gasteiger charge is 2.43. The molecule has 2 atom stereocenters. The number of hydrogen-bond donors (Lipinski definition) is 0. The number of carbonyl (C=O) groups is 2. The third-order valence-corrected chi connectivity index (χ3v) is 2.93. The van der Waals surface area contributed by atoms with Crippen LogP contribution in [-0.2, 0) is 19.1 Å². The molecule has 0 amide bonds. The van der Waals surface area contributed by atoms with Crippen molar-refractivity contribution in [2.75, 3.05) is 13.2 Å². The Morgan fingerprint density at radius 2 is 1.68 bits per heavy atom. The van der Waals surface area contributed by atoms with E-state index in [9.17, 15) is 22.8 Å². The second-order valence-corrected chi connectivity index (χ2v) is 4.51. The highest BCUT2D eigenvalue weighted by molar-refractivity contribution is 5.78. The monoisotopic (exact) mass is 284 g/mol. The molecule has 0 bridgehead atoms. The van der Waals surface area contributed by atoms with E-state index in [1.807, 2.05) is 0 Å². The summed E-state index contributed by atoms with van der Waals surface area (Å²) in [5.41, 5.74) is -1.13. The van der Waals surface area contributed by atoms with Crippen LogP contribution in [0.4, 0.5) is 13.2 Å². The van der Waals surface area contributed by atoms with Crippen LogP contribution in [0, 0.1) is 11.3 Å². The molecule has 0 heterocycles. The van der Waals surface area contributed by atoms with Gasteiger partial charge in [-0.15, -0.1) is 0 Å². The number of esters is 2. The van der Waals surface area contributed by atoms with Crippen LogP contribution in [0.2, 0.25) is 0 Å². The summed E-state index contributed by atoms with van der Waals surface area (Å²) >= 11 is 0. The van der Waals surface area contributed by atoms with E-state index < -0.39 is 36.1 Å². The van der Waals surface area contributed by atoms with E-state index >= 15 is 0 Å². The van der Waals surface area contributed by atoms with Gasteiger partial charge in [0, 0.05) is 0 Å². The molecule has 2 unspecified atom stereocenters. The number of ether oxygens (including phenoxy) is 2. The summed E-state index contributed by atoms with van der Waals surface area (Å²) < 4.78 is 46.3. The molecular formula is C12H19F3O4. The molecule has 0 aliphatic heterocycles. The zero-order chi connectivity index (χ0) is 15.3. The summed E-state index contributed by atoms with van der Waals surface area (Å²) in [4.78, 5) is 22.9. The maximum atomic E-state index is 12.3. The molecule has 0 aromatic carbocycles. The van der Waals surface area contributed by atoms with Crippen molar-refractivity contribution in [3.63, 3.8) is 0 Å². The van der Waals surface area contributed by atoms with Gasteiger partial charge in [-0.25, -0.2) is 0 Å². The van der Waals surface area contributed by atoms with Crippen LogP contribution >= 0.6 is 0 Å². The molecule has 0 aliphatic carbocycles. The lowest BCUT2D eigenvalue weighted by Crippen LogP contribution is -2.37. The van der Waals surface area contributed by atoms with Crippen LogP contribution in [-0.4, -0.2) is 31.3 Å². The van der Waals surface area contributed by atoms with Crippen molar-refractivity contribution >= 4 is 11.9 Å². The first kappa shape index (κ1) is 17.7. The lowest BCUT2D eigenvalue weighted by Gasteiger charge is -2.26. The van der Waals surface area contributed by atoms with Crippen LogP contribution in [0.15, 0.2) is 0 Å². The fraction of sp³-hybridized carbons (Fsp3) is 0.833. The standard InChI is InChI=1S/C12H19F3O4/c1-5-11(4,10(17)18-6-2)7-19-9(16)8(3)12(13,14)15/h8H,5-7H2,1-4H3. The van der Waals surface area contributed by atoms with Gasteiger partial charge in [0.1, 0.15) is 12.5 Å². The highest BCUT2D eigenvalue weighted by Crippen LogP contribution is 2.28. The first-order valence-electron chi connectivity index (χ1n) is 5.99. The van der Waals surface area contributed by atoms with Gasteiger partial charge in [-0.2, -0.15) is 13.2 Å². The zero-order valence-electron chi connectivity index (χ0n) is 11.5. The lowest BCUT2D eigenvalue weighted by atomic mass is 9.89. The molecule has 0 aliphatic rings. The Balaban J connectivity index is 4.59. The fourth-order valence-corrected chi connectivity index (χ4v) is 1.10. The van der Waals surface area contributed by atoms with Crippen LogP contribution in [0.5, 0.6) is 0 Å². The Labute approximate surface area is 110 Å². The summed E-state index contributed by atoms with van der Waals surface area (Å²) in [6, 6.07) is 0. The zero-order valence-corrected chi connectivity index (χ0v) is 11.5. The summed E-state index contributed by atoms with van der Waals surface area (Å²) in [6.07, 6.45) is -4.36. The van der Waals surface area contributed by atoms with Gasteiger partial charge in [-0.3, -0.25) is 9.59 Å². The first-order valence-corrected chi connectivity index (χ1v) is 5.99. The molecule has 7 heteroatoms. The molecule has 112 valence electrons. The second kappa shape index (κ2) is 6.77. The Bertz CT molecular complexity index is 327. The van der Waals surface area contributed by atoms with Crippen LogP contribution < -0.4 is 0 Å². The number of alkyl halides is 3. The van der Waals surface area contributed by atoms with Crippen LogP contribution in [0.25, 0.3) is 0 Å². The quantitative estimate of drug-likeness (QED) is 0.704. The predicted octanol–water partition coefficient (Wildman–Crippen LogP) is 2.71. The van der Waals surface area contributed by atoms with Gasteiger partial charge >= 0.3 is 18.1 Å². The van der Waals surface area contributed by atoms with Crippen LogP contribution in [0.3, 0.4) is 0 Å². The van der Waals surface area contributed by atoms with Gasteiger partial charge in [0.05, 0.1) is 12.0 Å². The van der Waals surface area contributed by atoms with E-state index in [0.29, 0.717) is 6.42 Å². The minimum Gasteiger partial charge on any atom is -0.465 e. The molecule has 19 heavy (non-hydrogen) atoms. The summed E-state index contributed by atoms with van der Waals surface area (Å²) in [7, 11) is 0. The Morgan fingerprint density at radius 1 is 1.16 bits per heavy atom. The van der Waals surface area contributed by atoms with E-state index in [2.05, 4.69) is 4.74 Å². The summed E-state index contributed by atoms with van der Waals surface area (Å²) in [5.74, 6) is -4.20. The van der Waals surface area contributed by atoms with E-state index in [0.717, 1.165) is 6.92 Å². The second-order valence-electron chi connectivity index (χ2n) is 4.51. The van der Waals surface area contributed by atoms with Gasteiger partial charge in [-0.1, -0.05) is 6.92 Å². The Kier molecular flexibility index (Phi) is 6.32. The first-order chi connectivity index (χ1) is 8.58. The topological polar surface area (TPSA) is 52.6 Å². The number of hydrogen-bond acceptors (Lipinski definition) is 4. The Morgan fingerprint density at radius 3 is 2.05 bits per heavy atom. The largest absolute Gasteiger partial charge is 0.465 e. The molecule has 0 radical (unpaired) electrons. The van der Waals surface area contributed by atoms with Crippen molar-refractivity contribution in [1.29, 1.82) is 0 Å². The molecule has 0 rings (SSSR count). The van der Waals surface area contributed by atoms with Crippen molar-refractivity contribution < 1.29 is 32.2 Å². The molecule has 0 N–H and O–H groups in total. The molecule has 0 saturated carbocycles. The van der Waals surface area contributed by atoms with Gasteiger partial charge in [-0.05, 0) is 27.2 Å². The lowest BCUT2D eigenvalue weighted by molar-refractivity contribution is -0.196. The number of carbonyl (C=O) groups excluding carboxylic acids is 2. The van der Waals surface area contributed by atoms with E-state index in [1.54, 1.807) is 13.8 Å². The van der Waals surface area contributed by atoms with Gasteiger partial charge in [0.25, 0.3) is 0 Å². The van der Waals surface area contributed by atoms with Gasteiger partial charge in [0.15, 0.2) is 0 Å². The molecule has 0 saturated heterocycles. The minimum atomic E-state index is -4.65. The molecular weight excluding hydrogens is 265 g/mol. The minimum absolute atomic E-state index is 0.154. The van der Waals surface area contributed by atoms with Crippen LogP contribution in [0.1, 0.15) is 34.1 Å². The van der Waals surface area contributed by atoms with E-state index in [4.69, 9.17) is 4.74 Å². The van der Waals surface area contributed by atoms with Crippen molar-refractivity contribution in [3.05, 3.63) is 0 Å². The van der Waals surface area contributed by atoms with Gasteiger partial charge in [0.2, 0.25) is 0 Å². The fourth-order valence-electron chi connectivity index (χ4n) is 1.10. The van der Waals surface area contributed by atoms with Gasteiger partial charge < -0.3 is 9.47 Å². The Hall–Kier alpha value is -1.27. The average molecular weight is 284 g/mol. The average Bonchev–Trinajstić information content (AvgIpc) is 2.33. The SMILES string of the molecule is CCOC(=O)C(C)(CC)COC(=O)C(C)C(F)(F)F. The third-order valence-electron chi connectivity index (χ3n) is 2.93. The van der Waals surface area contributed by atoms with E-state index in [1.165, 1.54) is 6.92 Å². The summed E-state index contributed by atoms with van der Waals surface area (Å²) in [5, 5.41) is 0. The maximum Gasteiger partial charge on any atom is 0.401 e. The molecule has 0 spiro atoms. The normalized spacial score (nSPS) is 16.4. The molecule has 0 aromatic heterocycles. The summed E-state index contributed by atoms with van der Waals surface area (Å²) in [6.45, 7) is 5.21. The van der Waals surface area contributed by atoms with Crippen molar-refractivity contribution in [1.82, 2.24) is 0 Å². The molecule has 4 nitrogen and oxygen atoms in total. The van der Waals surface area contributed by atoms with Crippen molar-refractivity contribution in [3.8, 4) is 0 Å². The number of halogens is 3. The van der Waals surface area contributed by atoms with E-state index in [-0.39, 0.29) is 6.61 Å². The number of rotatable bonds is 6. The highest BCUT2D eigenvalue weighted by atomic mass is 19.4. The van der Waals surface area contributed by atoms with Crippen molar-refractivity contribution in [2.24, 2.45) is 11.3 Å². The molecule has 0 fully saturated rings. The maximum absolute atomic E-state index is 12.3. The molecule has 0 aromatic rings. The predicted molar refractivity (Wildman–Crippen MR) is 61.2 cm³/mol. The van der Waals surface area contributed by atoms with Crippen molar-refractivity contribution in [2.45, 2.75) is 40.3 Å².